The van der Waals surface area contributed by atoms with E-state index >= 15 is 0 Å². The number of rotatable bonds is 6. The molecule has 0 radical (unpaired) electrons. The van der Waals surface area contributed by atoms with Crippen molar-refractivity contribution < 1.29 is 22.4 Å². The molecule has 0 aliphatic heterocycles. The van der Waals surface area contributed by atoms with Crippen molar-refractivity contribution in [3.8, 4) is 11.4 Å². The average Bonchev–Trinajstić information content (AvgIpc) is 3.21. The van der Waals surface area contributed by atoms with Crippen molar-refractivity contribution in [1.82, 2.24) is 25.2 Å². The predicted octanol–water partition coefficient (Wildman–Crippen LogP) is 3.47. The molecule has 1 aromatic carbocycles. The first kappa shape index (κ1) is 21.0. The van der Waals surface area contributed by atoms with E-state index < -0.39 is 24.3 Å². The van der Waals surface area contributed by atoms with Crippen LogP contribution in [0.2, 0.25) is 0 Å². The normalized spacial score (nSPS) is 11.6. The minimum absolute atomic E-state index is 0.0189. The Hall–Kier alpha value is -3.76. The number of amides is 1. The Morgan fingerprint density at radius 1 is 1.30 bits per heavy atom. The Labute approximate surface area is 168 Å². The number of nitrogens with one attached hydrogen (secondary N) is 1. The lowest BCUT2D eigenvalue weighted by Gasteiger charge is -2.18. The number of aromatic nitrogens is 4. The summed E-state index contributed by atoms with van der Waals surface area (Å²) in [5.41, 5.74) is 2.14. The molecule has 3 rings (SSSR count). The van der Waals surface area contributed by atoms with Gasteiger partial charge in [0.1, 0.15) is 13.0 Å². The molecule has 1 N–H and O–H groups in total. The van der Waals surface area contributed by atoms with Gasteiger partial charge in [0.25, 0.3) is 5.91 Å². The highest BCUT2D eigenvalue weighted by atomic mass is 19.4. The van der Waals surface area contributed by atoms with E-state index in [9.17, 15) is 22.4 Å². The molecule has 7 nitrogen and oxygen atoms in total. The maximum absolute atomic E-state index is 13.0. The average molecular weight is 420 g/mol. The third-order valence-corrected chi connectivity index (χ3v) is 3.93. The smallest absolute Gasteiger partial charge is 0.287 e. The van der Waals surface area contributed by atoms with Gasteiger partial charge in [0, 0.05) is 31.1 Å². The molecular weight excluding hydrogens is 404 g/mol. The van der Waals surface area contributed by atoms with Gasteiger partial charge in [-0.1, -0.05) is 0 Å². The van der Waals surface area contributed by atoms with Crippen molar-refractivity contribution in [3.63, 3.8) is 0 Å². The Balaban J connectivity index is 1.73. The summed E-state index contributed by atoms with van der Waals surface area (Å²) < 4.78 is 53.1. The van der Waals surface area contributed by atoms with Crippen LogP contribution in [0.15, 0.2) is 55.1 Å². The van der Waals surface area contributed by atoms with E-state index in [1.54, 1.807) is 31.6 Å². The zero-order valence-electron chi connectivity index (χ0n) is 15.6. The number of benzene rings is 1. The van der Waals surface area contributed by atoms with Crippen molar-refractivity contribution in [2.24, 2.45) is 0 Å². The first-order valence-electron chi connectivity index (χ1n) is 8.57. The highest BCUT2D eigenvalue weighted by molar-refractivity contribution is 5.91. The third-order valence-electron chi connectivity index (χ3n) is 3.93. The van der Waals surface area contributed by atoms with E-state index in [0.717, 1.165) is 16.8 Å². The van der Waals surface area contributed by atoms with Crippen LogP contribution in [0.25, 0.3) is 17.6 Å². The number of hydrazine groups is 1. The highest BCUT2D eigenvalue weighted by Gasteiger charge is 2.31. The topological polar surface area (TPSA) is 75.9 Å². The molecule has 0 atom stereocenters. The second-order valence-electron chi connectivity index (χ2n) is 6.16. The lowest BCUT2D eigenvalue weighted by molar-refractivity contribution is -0.137. The van der Waals surface area contributed by atoms with Crippen LogP contribution >= 0.6 is 0 Å². The second-order valence-corrected chi connectivity index (χ2v) is 6.16. The number of hydrogen-bond acceptors (Lipinski definition) is 5. The van der Waals surface area contributed by atoms with Crippen molar-refractivity contribution >= 4 is 17.8 Å². The zero-order chi connectivity index (χ0) is 21.7. The Kier molecular flexibility index (Phi) is 6.09. The number of nitrogens with zero attached hydrogens (tertiary/aromatic N) is 5. The Bertz CT molecular complexity index is 1050. The minimum atomic E-state index is -4.62. The van der Waals surface area contributed by atoms with E-state index in [-0.39, 0.29) is 17.0 Å². The standard InChI is InChI=1S/C19H16F4N6O/c1-28(16-3-2-5-24-11-16)26-17(30)4-6-29-12-25-18(27-29)14-7-13(10-20)8-15(9-14)19(21,22)23/h2-9,11-12H,10H2,1H3,(H,26,30)/b6-4-. The van der Waals surface area contributed by atoms with Gasteiger partial charge < -0.3 is 0 Å². The number of pyridine rings is 1. The quantitative estimate of drug-likeness (QED) is 0.376. The molecule has 2 aromatic heterocycles. The summed E-state index contributed by atoms with van der Waals surface area (Å²) >= 11 is 0. The first-order chi connectivity index (χ1) is 14.3. The number of hydrogen-bond donors (Lipinski definition) is 1. The summed E-state index contributed by atoms with van der Waals surface area (Å²) in [4.78, 5) is 19.9. The summed E-state index contributed by atoms with van der Waals surface area (Å²) in [5.74, 6) is -0.509. The van der Waals surface area contributed by atoms with Gasteiger partial charge in [-0.05, 0) is 35.9 Å². The summed E-state index contributed by atoms with van der Waals surface area (Å²) in [6.45, 7) is -1.05. The predicted molar refractivity (Wildman–Crippen MR) is 101 cm³/mol. The fraction of sp³-hybridized carbons (Fsp3) is 0.158. The maximum Gasteiger partial charge on any atom is 0.416 e. The molecular formula is C19H16F4N6O. The van der Waals surface area contributed by atoms with Gasteiger partial charge in [0.05, 0.1) is 17.4 Å². The fourth-order valence-electron chi connectivity index (χ4n) is 2.50. The molecule has 0 spiro atoms. The number of carbonyl (C=O) groups excluding carboxylic acids is 1. The van der Waals surface area contributed by atoms with E-state index in [0.29, 0.717) is 5.69 Å². The Morgan fingerprint density at radius 3 is 2.77 bits per heavy atom. The van der Waals surface area contributed by atoms with Gasteiger partial charge in [-0.2, -0.15) is 13.2 Å². The molecule has 1 amide bonds. The molecule has 0 saturated carbocycles. The number of anilines is 1. The third kappa shape index (κ3) is 5.19. The van der Waals surface area contributed by atoms with Crippen LogP contribution in [0.5, 0.6) is 0 Å². The largest absolute Gasteiger partial charge is 0.416 e. The Morgan fingerprint density at radius 2 is 2.10 bits per heavy atom. The van der Waals surface area contributed by atoms with Crippen molar-refractivity contribution in [1.29, 1.82) is 0 Å². The molecule has 11 heteroatoms. The van der Waals surface area contributed by atoms with Crippen molar-refractivity contribution in [2.45, 2.75) is 12.9 Å². The van der Waals surface area contributed by atoms with Gasteiger partial charge in [-0.3, -0.25) is 20.2 Å². The van der Waals surface area contributed by atoms with E-state index in [2.05, 4.69) is 20.5 Å². The lowest BCUT2D eigenvalue weighted by Crippen LogP contribution is -2.38. The number of alkyl halides is 4. The van der Waals surface area contributed by atoms with E-state index in [4.69, 9.17) is 0 Å². The summed E-state index contributed by atoms with van der Waals surface area (Å²) in [7, 11) is 1.63. The highest BCUT2D eigenvalue weighted by Crippen LogP contribution is 2.32. The zero-order valence-corrected chi connectivity index (χ0v) is 15.6. The van der Waals surface area contributed by atoms with Gasteiger partial charge in [0.2, 0.25) is 0 Å². The van der Waals surface area contributed by atoms with Crippen LogP contribution in [0.1, 0.15) is 11.1 Å². The van der Waals surface area contributed by atoms with Gasteiger partial charge in [0.15, 0.2) is 5.82 Å². The van der Waals surface area contributed by atoms with Gasteiger partial charge in [-0.15, -0.1) is 5.10 Å². The van der Waals surface area contributed by atoms with Crippen LogP contribution in [0.3, 0.4) is 0 Å². The van der Waals surface area contributed by atoms with Crippen molar-refractivity contribution in [2.75, 3.05) is 12.1 Å². The van der Waals surface area contributed by atoms with Crippen LogP contribution in [-0.2, 0) is 17.6 Å². The van der Waals surface area contributed by atoms with Gasteiger partial charge in [-0.25, -0.2) is 14.1 Å². The molecule has 3 aromatic rings. The van der Waals surface area contributed by atoms with E-state index in [1.807, 2.05) is 0 Å². The molecule has 0 aliphatic carbocycles. The maximum atomic E-state index is 13.0. The minimum Gasteiger partial charge on any atom is -0.287 e. The molecule has 0 bridgehead atoms. The monoisotopic (exact) mass is 420 g/mol. The van der Waals surface area contributed by atoms with Crippen LogP contribution in [0, 0.1) is 0 Å². The molecule has 0 fully saturated rings. The summed E-state index contributed by atoms with van der Waals surface area (Å²) in [6, 6.07) is 6.30. The van der Waals surface area contributed by atoms with E-state index in [1.165, 1.54) is 29.7 Å². The fourth-order valence-corrected chi connectivity index (χ4v) is 2.50. The lowest BCUT2D eigenvalue weighted by atomic mass is 10.1. The van der Waals surface area contributed by atoms with Crippen LogP contribution in [-0.4, -0.2) is 32.7 Å². The molecule has 0 aliphatic rings. The molecule has 156 valence electrons. The molecule has 2 heterocycles. The van der Waals surface area contributed by atoms with Crippen LogP contribution < -0.4 is 10.4 Å². The SMILES string of the molecule is CN(NC(=O)/C=C\n1cnc(-c2cc(CF)cc(C(F)(F)F)c2)n1)c1cccnc1. The van der Waals surface area contributed by atoms with Crippen LogP contribution in [0.4, 0.5) is 23.2 Å². The molecule has 30 heavy (non-hydrogen) atoms. The number of carbonyl (C=O) groups is 1. The van der Waals surface area contributed by atoms with Gasteiger partial charge >= 0.3 is 6.18 Å². The second kappa shape index (κ2) is 8.72. The summed E-state index contributed by atoms with van der Waals surface area (Å²) in [5, 5.41) is 5.48. The number of halogens is 4. The summed E-state index contributed by atoms with van der Waals surface area (Å²) in [6.07, 6.45) is 2.22. The molecule has 0 saturated heterocycles. The van der Waals surface area contributed by atoms with Crippen molar-refractivity contribution in [3.05, 3.63) is 66.3 Å². The first-order valence-corrected chi connectivity index (χ1v) is 8.57. The molecule has 0 unspecified atom stereocenters.